The van der Waals surface area contributed by atoms with Gasteiger partial charge in [-0.2, -0.15) is 0 Å². The van der Waals surface area contributed by atoms with E-state index in [9.17, 15) is 9.59 Å². The number of hydrogen-bond donors (Lipinski definition) is 1. The molecule has 0 aliphatic heterocycles. The lowest BCUT2D eigenvalue weighted by molar-refractivity contribution is -0.123. The number of hydrogen-bond acceptors (Lipinski definition) is 5. The highest BCUT2D eigenvalue weighted by atomic mass is 16.5. The molecule has 8 nitrogen and oxygen atoms in total. The van der Waals surface area contributed by atoms with E-state index in [0.717, 1.165) is 12.8 Å². The topological polar surface area (TPSA) is 91.3 Å². The van der Waals surface area contributed by atoms with Gasteiger partial charge in [0.05, 0.1) is 12.8 Å². The van der Waals surface area contributed by atoms with Crippen molar-refractivity contribution in [3.8, 4) is 17.3 Å². The average molecular weight is 368 g/mol. The number of carbonyl (C=O) groups is 1. The van der Waals surface area contributed by atoms with E-state index in [0.29, 0.717) is 17.3 Å². The van der Waals surface area contributed by atoms with Gasteiger partial charge in [0.2, 0.25) is 5.82 Å². The van der Waals surface area contributed by atoms with E-state index in [1.165, 1.54) is 4.68 Å². The Morgan fingerprint density at radius 2 is 2.04 bits per heavy atom. The van der Waals surface area contributed by atoms with Crippen LogP contribution in [0.5, 0.6) is 5.75 Å². The number of benzene rings is 1. The van der Waals surface area contributed by atoms with Crippen molar-refractivity contribution in [3.63, 3.8) is 0 Å². The Kier molecular flexibility index (Phi) is 4.78. The van der Waals surface area contributed by atoms with E-state index in [4.69, 9.17) is 9.15 Å². The van der Waals surface area contributed by atoms with Crippen LogP contribution in [0.2, 0.25) is 0 Å². The summed E-state index contributed by atoms with van der Waals surface area (Å²) in [5.74, 6) is 1.49. The van der Waals surface area contributed by atoms with E-state index < -0.39 is 0 Å². The first-order chi connectivity index (χ1) is 13.2. The maximum atomic E-state index is 12.6. The Morgan fingerprint density at radius 1 is 1.22 bits per heavy atom. The van der Waals surface area contributed by atoms with Crippen LogP contribution in [-0.2, 0) is 11.3 Å². The number of nitrogens with one attached hydrogen (secondary N) is 1. The highest BCUT2D eigenvalue weighted by Gasteiger charge is 2.31. The van der Waals surface area contributed by atoms with Gasteiger partial charge in [-0.05, 0) is 37.1 Å². The van der Waals surface area contributed by atoms with Crippen molar-refractivity contribution in [1.29, 1.82) is 0 Å². The molecular formula is C19H20N4O4. The molecule has 1 saturated carbocycles. The van der Waals surface area contributed by atoms with Crippen LogP contribution < -0.4 is 15.7 Å². The minimum absolute atomic E-state index is 0.0763. The minimum Gasteiger partial charge on any atom is -0.484 e. The molecule has 1 fully saturated rings. The first-order valence-electron chi connectivity index (χ1n) is 8.90. The van der Waals surface area contributed by atoms with Gasteiger partial charge in [-0.3, -0.25) is 9.36 Å². The van der Waals surface area contributed by atoms with Gasteiger partial charge in [0, 0.05) is 12.6 Å². The molecule has 1 amide bonds. The fourth-order valence-corrected chi connectivity index (χ4v) is 2.82. The number of rotatable bonds is 8. The number of para-hydroxylation sites is 1. The third kappa shape index (κ3) is 3.94. The maximum Gasteiger partial charge on any atom is 0.346 e. The number of furan rings is 1. The molecular weight excluding hydrogens is 348 g/mol. The third-order valence-electron chi connectivity index (χ3n) is 4.28. The standard InChI is InChI=1S/C19H20N4O4/c24-17(13-27-15-5-2-1-3-6-15)20-10-11-22-19(25)23(14-8-9-14)18(21-22)16-7-4-12-26-16/h1-7,12,14H,8-11,13H2,(H,20,24). The number of nitrogens with zero attached hydrogens (tertiary/aromatic N) is 3. The van der Waals surface area contributed by atoms with E-state index in [-0.39, 0.29) is 37.3 Å². The second-order valence-corrected chi connectivity index (χ2v) is 6.36. The van der Waals surface area contributed by atoms with Crippen LogP contribution in [0.4, 0.5) is 0 Å². The van der Waals surface area contributed by atoms with Crippen molar-refractivity contribution >= 4 is 5.91 Å². The average Bonchev–Trinajstić information content (AvgIpc) is 3.26. The van der Waals surface area contributed by atoms with Gasteiger partial charge in [0.15, 0.2) is 12.4 Å². The normalized spacial score (nSPS) is 13.5. The summed E-state index contributed by atoms with van der Waals surface area (Å²) in [6.07, 6.45) is 3.49. The van der Waals surface area contributed by atoms with Gasteiger partial charge < -0.3 is 14.5 Å². The van der Waals surface area contributed by atoms with Crippen molar-refractivity contribution in [1.82, 2.24) is 19.7 Å². The fraction of sp³-hybridized carbons (Fsp3) is 0.316. The zero-order chi connectivity index (χ0) is 18.6. The molecule has 1 aromatic carbocycles. The highest BCUT2D eigenvalue weighted by Crippen LogP contribution is 2.36. The van der Waals surface area contributed by atoms with Crippen molar-refractivity contribution < 1.29 is 13.9 Å². The summed E-state index contributed by atoms with van der Waals surface area (Å²) in [6.45, 7) is 0.493. The molecule has 0 radical (unpaired) electrons. The lowest BCUT2D eigenvalue weighted by Crippen LogP contribution is -2.34. The molecule has 1 N–H and O–H groups in total. The summed E-state index contributed by atoms with van der Waals surface area (Å²) in [6, 6.07) is 12.9. The smallest absolute Gasteiger partial charge is 0.346 e. The van der Waals surface area contributed by atoms with Crippen molar-refractivity contribution in [2.45, 2.75) is 25.4 Å². The maximum absolute atomic E-state index is 12.6. The second-order valence-electron chi connectivity index (χ2n) is 6.36. The molecule has 0 unspecified atom stereocenters. The molecule has 0 atom stereocenters. The lowest BCUT2D eigenvalue weighted by atomic mass is 10.3. The zero-order valence-electron chi connectivity index (χ0n) is 14.7. The van der Waals surface area contributed by atoms with Crippen LogP contribution in [-0.4, -0.2) is 33.4 Å². The molecule has 8 heteroatoms. The Hall–Kier alpha value is -3.29. The predicted octanol–water partition coefficient (Wildman–Crippen LogP) is 1.83. The molecule has 140 valence electrons. The molecule has 2 aromatic heterocycles. The highest BCUT2D eigenvalue weighted by molar-refractivity contribution is 5.77. The summed E-state index contributed by atoms with van der Waals surface area (Å²) >= 11 is 0. The quantitative estimate of drug-likeness (QED) is 0.655. The van der Waals surface area contributed by atoms with Gasteiger partial charge in [0.1, 0.15) is 5.75 Å². The van der Waals surface area contributed by atoms with Gasteiger partial charge in [-0.1, -0.05) is 18.2 Å². The Balaban J connectivity index is 1.35. The first-order valence-corrected chi connectivity index (χ1v) is 8.90. The van der Waals surface area contributed by atoms with Gasteiger partial charge in [-0.15, -0.1) is 5.10 Å². The number of carbonyl (C=O) groups excluding carboxylic acids is 1. The van der Waals surface area contributed by atoms with Crippen molar-refractivity contribution in [2.75, 3.05) is 13.2 Å². The summed E-state index contributed by atoms with van der Waals surface area (Å²) in [5.41, 5.74) is -0.182. The molecule has 1 aliphatic rings. The fourth-order valence-electron chi connectivity index (χ4n) is 2.82. The molecule has 0 spiro atoms. The SMILES string of the molecule is O=C(COc1ccccc1)NCCn1nc(-c2ccco2)n(C2CC2)c1=O. The summed E-state index contributed by atoms with van der Waals surface area (Å²) in [5, 5.41) is 7.14. The first kappa shape index (κ1) is 17.1. The molecule has 2 heterocycles. The van der Waals surface area contributed by atoms with Gasteiger partial charge in [-0.25, -0.2) is 9.48 Å². The number of amides is 1. The van der Waals surface area contributed by atoms with Crippen molar-refractivity contribution in [2.24, 2.45) is 0 Å². The largest absolute Gasteiger partial charge is 0.484 e. The van der Waals surface area contributed by atoms with Crippen LogP contribution in [0.25, 0.3) is 11.6 Å². The molecule has 1 aliphatic carbocycles. The number of ether oxygens (including phenoxy) is 1. The minimum atomic E-state index is -0.250. The van der Waals surface area contributed by atoms with E-state index in [2.05, 4.69) is 10.4 Å². The summed E-state index contributed by atoms with van der Waals surface area (Å²) in [7, 11) is 0. The second kappa shape index (κ2) is 7.53. The van der Waals surface area contributed by atoms with Crippen LogP contribution in [0.15, 0.2) is 57.9 Å². The third-order valence-corrected chi connectivity index (χ3v) is 4.28. The van der Waals surface area contributed by atoms with Gasteiger partial charge in [0.25, 0.3) is 5.91 Å². The van der Waals surface area contributed by atoms with Crippen LogP contribution >= 0.6 is 0 Å². The lowest BCUT2D eigenvalue weighted by Gasteiger charge is -2.07. The molecule has 0 saturated heterocycles. The molecule has 4 rings (SSSR count). The molecule has 27 heavy (non-hydrogen) atoms. The summed E-state index contributed by atoms with van der Waals surface area (Å²) in [4.78, 5) is 24.5. The Labute approximate surface area is 155 Å². The van der Waals surface area contributed by atoms with Crippen LogP contribution in [0, 0.1) is 0 Å². The van der Waals surface area contributed by atoms with Crippen molar-refractivity contribution in [3.05, 3.63) is 59.2 Å². The summed E-state index contributed by atoms with van der Waals surface area (Å²) < 4.78 is 13.8. The van der Waals surface area contributed by atoms with E-state index in [1.807, 2.05) is 18.2 Å². The zero-order valence-corrected chi connectivity index (χ0v) is 14.7. The van der Waals surface area contributed by atoms with E-state index >= 15 is 0 Å². The molecule has 3 aromatic rings. The Morgan fingerprint density at radius 3 is 2.74 bits per heavy atom. The van der Waals surface area contributed by atoms with E-state index in [1.54, 1.807) is 35.1 Å². The number of aromatic nitrogens is 3. The van der Waals surface area contributed by atoms with Crippen LogP contribution in [0.1, 0.15) is 18.9 Å². The Bertz CT molecular complexity index is 956. The van der Waals surface area contributed by atoms with Gasteiger partial charge >= 0.3 is 5.69 Å². The van der Waals surface area contributed by atoms with Crippen LogP contribution in [0.3, 0.4) is 0 Å². The molecule has 0 bridgehead atoms. The monoisotopic (exact) mass is 368 g/mol. The predicted molar refractivity (Wildman–Crippen MR) is 97.4 cm³/mol.